The molecule has 0 aliphatic rings. The summed E-state index contributed by atoms with van der Waals surface area (Å²) in [7, 11) is 1.69. The number of esters is 1. The highest BCUT2D eigenvalue weighted by atomic mass is 31.2. The Kier molecular flexibility index (Phi) is 10.9. The summed E-state index contributed by atoms with van der Waals surface area (Å²) in [5.41, 5.74) is 0. The summed E-state index contributed by atoms with van der Waals surface area (Å²) in [4.78, 5) is 20.8. The van der Waals surface area contributed by atoms with Gasteiger partial charge in [0.1, 0.15) is 25.9 Å². The van der Waals surface area contributed by atoms with Gasteiger partial charge in [-0.05, 0) is 6.42 Å². The van der Waals surface area contributed by atoms with E-state index in [-0.39, 0.29) is 32.2 Å². The van der Waals surface area contributed by atoms with Crippen molar-refractivity contribution < 1.29 is 37.3 Å². The van der Waals surface area contributed by atoms with Crippen molar-refractivity contribution in [2.45, 2.75) is 32.8 Å². The zero-order valence-corrected chi connectivity index (χ0v) is 15.7. The molecule has 0 bridgehead atoms. The van der Waals surface area contributed by atoms with Crippen molar-refractivity contribution in [3.8, 4) is 0 Å². The molecule has 23 heavy (non-hydrogen) atoms. The number of carbonyl (C=O) groups excluding carboxylic acids is 1. The minimum atomic E-state index is -4.15. The molecule has 8 nitrogen and oxygen atoms in total. The monoisotopic (exact) mass is 356 g/mol. The molecular weight excluding hydrogens is 325 g/mol. The number of rotatable bonds is 13. The Morgan fingerprint density at radius 1 is 1.13 bits per heavy atom. The van der Waals surface area contributed by atoms with E-state index in [0.717, 1.165) is 6.42 Å². The van der Waals surface area contributed by atoms with Gasteiger partial charge in [-0.2, -0.15) is 0 Å². The van der Waals surface area contributed by atoms with Gasteiger partial charge < -0.3 is 18.9 Å². The van der Waals surface area contributed by atoms with Gasteiger partial charge in [0.05, 0.1) is 27.7 Å². The van der Waals surface area contributed by atoms with Gasteiger partial charge in [0, 0.05) is 13.0 Å². The summed E-state index contributed by atoms with van der Waals surface area (Å²) in [5, 5.41) is 0. The summed E-state index contributed by atoms with van der Waals surface area (Å²) < 4.78 is 32.7. The molecule has 0 radical (unpaired) electrons. The molecule has 9 heteroatoms. The summed E-state index contributed by atoms with van der Waals surface area (Å²) >= 11 is 0. The summed E-state index contributed by atoms with van der Waals surface area (Å²) in [6, 6.07) is 0. The highest BCUT2D eigenvalue weighted by Crippen LogP contribution is 2.43. The number of phosphoric ester groups is 1. The van der Waals surface area contributed by atoms with Crippen LogP contribution < -0.4 is 0 Å². The molecule has 0 aromatic rings. The van der Waals surface area contributed by atoms with Crippen LogP contribution in [0.25, 0.3) is 0 Å². The van der Waals surface area contributed by atoms with Crippen LogP contribution in [0.5, 0.6) is 0 Å². The van der Waals surface area contributed by atoms with E-state index in [1.807, 2.05) is 28.1 Å². The van der Waals surface area contributed by atoms with Gasteiger partial charge in [-0.15, -0.1) is 0 Å². The maximum atomic E-state index is 11.8. The highest BCUT2D eigenvalue weighted by molar-refractivity contribution is 7.47. The van der Waals surface area contributed by atoms with E-state index >= 15 is 0 Å². The van der Waals surface area contributed by atoms with Gasteiger partial charge >= 0.3 is 13.8 Å². The molecule has 1 N–H and O–H groups in total. The second kappa shape index (κ2) is 11.1. The van der Waals surface area contributed by atoms with Crippen molar-refractivity contribution in [1.29, 1.82) is 0 Å². The van der Waals surface area contributed by atoms with Gasteiger partial charge in [-0.1, -0.05) is 13.8 Å². The second-order valence-electron chi connectivity index (χ2n) is 6.14. The van der Waals surface area contributed by atoms with Crippen LogP contribution >= 0.6 is 7.82 Å². The van der Waals surface area contributed by atoms with Crippen LogP contribution in [-0.2, 0) is 27.9 Å². The zero-order valence-electron chi connectivity index (χ0n) is 14.8. The first-order valence-electron chi connectivity index (χ1n) is 7.79. The summed E-state index contributed by atoms with van der Waals surface area (Å²) in [6.07, 6.45) is 0.427. The van der Waals surface area contributed by atoms with Gasteiger partial charge in [-0.25, -0.2) is 4.57 Å². The molecule has 0 aliphatic carbocycles. The average molecular weight is 356 g/mol. The van der Waals surface area contributed by atoms with E-state index in [4.69, 9.17) is 18.5 Å². The third-order valence-corrected chi connectivity index (χ3v) is 3.70. The maximum Gasteiger partial charge on any atom is 0.472 e. The van der Waals surface area contributed by atoms with Crippen molar-refractivity contribution in [1.82, 2.24) is 0 Å². The van der Waals surface area contributed by atoms with Gasteiger partial charge in [-0.3, -0.25) is 13.8 Å². The first-order chi connectivity index (χ1) is 10.6. The average Bonchev–Trinajstić information content (AvgIpc) is 2.44. The highest BCUT2D eigenvalue weighted by Gasteiger charge is 2.25. The van der Waals surface area contributed by atoms with Gasteiger partial charge in [0.25, 0.3) is 0 Å². The predicted molar refractivity (Wildman–Crippen MR) is 85.9 cm³/mol. The number of likely N-dealkylation sites (N-methyl/N-ethyl adjacent to an activating group) is 1. The SMILES string of the molecule is CCCOC(COC(=O)CC)COP(=O)(O)OCC[N+](C)(C)C. The molecule has 0 aromatic heterocycles. The number of hydrogen-bond donors (Lipinski definition) is 1. The normalized spacial score (nSPS) is 15.9. The number of ether oxygens (including phenoxy) is 2. The number of phosphoric acid groups is 1. The van der Waals surface area contributed by atoms with Crippen LogP contribution in [0, 0.1) is 0 Å². The molecule has 0 heterocycles. The van der Waals surface area contributed by atoms with E-state index in [1.165, 1.54) is 0 Å². The van der Waals surface area contributed by atoms with E-state index < -0.39 is 13.9 Å². The van der Waals surface area contributed by atoms with Crippen LogP contribution in [0.1, 0.15) is 26.7 Å². The fraction of sp³-hybridized carbons (Fsp3) is 0.929. The fourth-order valence-corrected chi connectivity index (χ4v) is 2.10. The van der Waals surface area contributed by atoms with Crippen molar-refractivity contribution >= 4 is 13.8 Å². The molecule has 0 amide bonds. The van der Waals surface area contributed by atoms with Gasteiger partial charge in [0.15, 0.2) is 0 Å². The van der Waals surface area contributed by atoms with Crippen LogP contribution in [-0.4, -0.2) is 75.6 Å². The van der Waals surface area contributed by atoms with Gasteiger partial charge in [0.2, 0.25) is 0 Å². The summed E-state index contributed by atoms with van der Waals surface area (Å²) in [5.74, 6) is -0.360. The van der Waals surface area contributed by atoms with Crippen LogP contribution in [0.4, 0.5) is 0 Å². The molecule has 0 spiro atoms. The smallest absolute Gasteiger partial charge is 0.463 e. The molecule has 0 saturated heterocycles. The van der Waals surface area contributed by atoms with Crippen molar-refractivity contribution in [2.75, 3.05) is 54.1 Å². The molecule has 2 unspecified atom stereocenters. The van der Waals surface area contributed by atoms with E-state index in [9.17, 15) is 14.3 Å². The quantitative estimate of drug-likeness (QED) is 0.304. The number of quaternary nitrogens is 1. The largest absolute Gasteiger partial charge is 0.472 e. The third kappa shape index (κ3) is 13.6. The molecule has 0 aromatic carbocycles. The van der Waals surface area contributed by atoms with E-state index in [0.29, 0.717) is 17.6 Å². The summed E-state index contributed by atoms with van der Waals surface area (Å²) in [6.45, 7) is 4.52. The minimum Gasteiger partial charge on any atom is -0.463 e. The zero-order chi connectivity index (χ0) is 17.9. The Morgan fingerprint density at radius 3 is 2.30 bits per heavy atom. The van der Waals surface area contributed by atoms with Crippen molar-refractivity contribution in [3.05, 3.63) is 0 Å². The second-order valence-corrected chi connectivity index (χ2v) is 7.59. The standard InChI is InChI=1S/C14H30NO7P/c1-6-9-19-13(11-20-14(16)7-2)12-22-23(17,18)21-10-8-15(3,4)5/h13H,6-12H2,1-5H3/p+1. The molecule has 0 saturated carbocycles. The van der Waals surface area contributed by atoms with Crippen LogP contribution in [0.3, 0.4) is 0 Å². The van der Waals surface area contributed by atoms with Crippen LogP contribution in [0.15, 0.2) is 0 Å². The molecule has 0 fully saturated rings. The minimum absolute atomic E-state index is 0.0223. The van der Waals surface area contributed by atoms with E-state index in [2.05, 4.69) is 0 Å². The number of carbonyl (C=O) groups is 1. The molecular formula is C14H31NO7P+. The van der Waals surface area contributed by atoms with Crippen molar-refractivity contribution in [2.24, 2.45) is 0 Å². The Hall–Kier alpha value is -0.500. The Morgan fingerprint density at radius 2 is 1.78 bits per heavy atom. The lowest BCUT2D eigenvalue weighted by Crippen LogP contribution is -2.37. The topological polar surface area (TPSA) is 91.3 Å². The Balaban J connectivity index is 4.28. The Bertz CT molecular complexity index is 384. The lowest BCUT2D eigenvalue weighted by Gasteiger charge is -2.24. The molecule has 138 valence electrons. The maximum absolute atomic E-state index is 11.8. The number of hydrogen-bond acceptors (Lipinski definition) is 6. The van der Waals surface area contributed by atoms with Crippen LogP contribution in [0.2, 0.25) is 0 Å². The van der Waals surface area contributed by atoms with Crippen molar-refractivity contribution in [3.63, 3.8) is 0 Å². The lowest BCUT2D eigenvalue weighted by molar-refractivity contribution is -0.870. The Labute approximate surface area is 138 Å². The molecule has 0 rings (SSSR count). The third-order valence-electron chi connectivity index (χ3n) is 2.72. The van der Waals surface area contributed by atoms with E-state index in [1.54, 1.807) is 6.92 Å². The predicted octanol–water partition coefficient (Wildman–Crippen LogP) is 1.57. The lowest BCUT2D eigenvalue weighted by atomic mass is 10.4. The fourth-order valence-electron chi connectivity index (χ4n) is 1.36. The number of nitrogens with zero attached hydrogens (tertiary/aromatic N) is 1. The molecule has 2 atom stereocenters. The first-order valence-corrected chi connectivity index (χ1v) is 9.28. The first kappa shape index (κ1) is 22.5. The molecule has 0 aliphatic heterocycles.